The van der Waals surface area contributed by atoms with Crippen LogP contribution in [-0.2, 0) is 0 Å². The Morgan fingerprint density at radius 1 is 1.16 bits per heavy atom. The van der Waals surface area contributed by atoms with Crippen molar-refractivity contribution in [3.63, 3.8) is 0 Å². The van der Waals surface area contributed by atoms with E-state index in [2.05, 4.69) is 5.32 Å². The largest absolute Gasteiger partial charge is 0.389 e. The lowest BCUT2D eigenvalue weighted by atomic mass is 9.94. The van der Waals surface area contributed by atoms with Gasteiger partial charge in [0.05, 0.1) is 0 Å². The summed E-state index contributed by atoms with van der Waals surface area (Å²) >= 11 is 0. The Hall–Kier alpha value is -1.23. The summed E-state index contributed by atoms with van der Waals surface area (Å²) in [7, 11) is 0. The lowest BCUT2D eigenvalue weighted by Gasteiger charge is -2.31. The second kappa shape index (κ2) is 6.28. The number of hydrogen-bond donors (Lipinski definition) is 2. The van der Waals surface area contributed by atoms with E-state index in [1.165, 1.54) is 0 Å². The van der Waals surface area contributed by atoms with Crippen molar-refractivity contribution in [2.75, 3.05) is 11.9 Å². The Kier molecular flexibility index (Phi) is 5.23. The van der Waals surface area contributed by atoms with Crippen LogP contribution in [0.1, 0.15) is 31.7 Å². The molecule has 0 bridgehead atoms. The minimum absolute atomic E-state index is 0.0794. The van der Waals surface area contributed by atoms with Crippen LogP contribution in [0.3, 0.4) is 0 Å². The van der Waals surface area contributed by atoms with Crippen LogP contribution in [0.25, 0.3) is 0 Å². The second-order valence-corrected chi connectivity index (χ2v) is 5.17. The average Bonchev–Trinajstić information content (AvgIpc) is 2.30. The molecule has 19 heavy (non-hydrogen) atoms. The Labute approximate surface area is 112 Å². The fraction of sp³-hybridized carbons (Fsp3) is 0.571. The maximum absolute atomic E-state index is 12.2. The number of anilines is 1. The van der Waals surface area contributed by atoms with Gasteiger partial charge in [0.25, 0.3) is 0 Å². The summed E-state index contributed by atoms with van der Waals surface area (Å²) in [6, 6.07) is 7.67. The van der Waals surface area contributed by atoms with Crippen molar-refractivity contribution in [2.45, 2.75) is 44.8 Å². The van der Waals surface area contributed by atoms with Crippen molar-refractivity contribution >= 4 is 5.69 Å². The van der Waals surface area contributed by atoms with Gasteiger partial charge in [-0.15, -0.1) is 0 Å². The average molecular weight is 274 g/mol. The minimum Gasteiger partial charge on any atom is -0.378 e. The lowest BCUT2D eigenvalue weighted by Crippen LogP contribution is -2.42. The molecular weight excluding hydrogens is 253 g/mol. The van der Waals surface area contributed by atoms with Gasteiger partial charge in [-0.05, 0) is 38.3 Å². The summed E-state index contributed by atoms with van der Waals surface area (Å²) < 4.78 is 36.5. The highest BCUT2D eigenvalue weighted by atomic mass is 19.4. The number of nitrogens with one attached hydrogen (secondary N) is 1. The van der Waals surface area contributed by atoms with Gasteiger partial charge in [-0.2, -0.15) is 13.2 Å². The zero-order chi connectivity index (χ0) is 14.5. The van der Waals surface area contributed by atoms with Gasteiger partial charge in [-0.25, -0.2) is 0 Å². The van der Waals surface area contributed by atoms with E-state index in [0.717, 1.165) is 11.3 Å². The Morgan fingerprint density at radius 2 is 1.79 bits per heavy atom. The highest BCUT2D eigenvalue weighted by Gasteiger charge is 2.29. The molecule has 0 heterocycles. The van der Waals surface area contributed by atoms with E-state index >= 15 is 0 Å². The molecule has 0 spiro atoms. The SMILES string of the molecule is Cc1ccccc1NC(C)(CN)CCCC(F)(F)F. The molecule has 0 aromatic heterocycles. The molecule has 5 heteroatoms. The molecule has 0 aliphatic heterocycles. The summed E-state index contributed by atoms with van der Waals surface area (Å²) in [5.41, 5.74) is 7.17. The summed E-state index contributed by atoms with van der Waals surface area (Å²) in [4.78, 5) is 0. The molecule has 2 nitrogen and oxygen atoms in total. The maximum Gasteiger partial charge on any atom is 0.389 e. The number of hydrogen-bond acceptors (Lipinski definition) is 2. The monoisotopic (exact) mass is 274 g/mol. The maximum atomic E-state index is 12.2. The number of benzene rings is 1. The summed E-state index contributed by atoms with van der Waals surface area (Å²) in [6.07, 6.45) is -4.40. The van der Waals surface area contributed by atoms with Crippen molar-refractivity contribution in [1.29, 1.82) is 0 Å². The smallest absolute Gasteiger partial charge is 0.378 e. The van der Waals surface area contributed by atoms with E-state index in [1.54, 1.807) is 0 Å². The molecule has 0 fully saturated rings. The third-order valence-electron chi connectivity index (χ3n) is 3.22. The predicted molar refractivity (Wildman–Crippen MR) is 72.2 cm³/mol. The van der Waals surface area contributed by atoms with Crippen molar-refractivity contribution < 1.29 is 13.2 Å². The Morgan fingerprint density at radius 3 is 2.32 bits per heavy atom. The highest BCUT2D eigenvalue weighted by Crippen LogP contribution is 2.27. The first-order valence-electron chi connectivity index (χ1n) is 6.36. The number of alkyl halides is 3. The molecule has 108 valence electrons. The van der Waals surface area contributed by atoms with E-state index in [4.69, 9.17) is 5.73 Å². The van der Waals surface area contributed by atoms with E-state index in [9.17, 15) is 13.2 Å². The van der Waals surface area contributed by atoms with Gasteiger partial charge >= 0.3 is 6.18 Å². The van der Waals surface area contributed by atoms with Gasteiger partial charge in [-0.3, -0.25) is 0 Å². The summed E-state index contributed by atoms with van der Waals surface area (Å²) in [5, 5.41) is 3.27. The first-order chi connectivity index (χ1) is 8.76. The number of halogens is 3. The molecule has 0 saturated heterocycles. The molecule has 1 unspecified atom stereocenters. The first-order valence-corrected chi connectivity index (χ1v) is 6.36. The standard InChI is InChI=1S/C14H21F3N2/c1-11-6-3-4-7-12(11)19-13(2,10-18)8-5-9-14(15,16)17/h3-4,6-7,19H,5,8-10,18H2,1-2H3. The van der Waals surface area contributed by atoms with Crippen LogP contribution in [0.5, 0.6) is 0 Å². The third-order valence-corrected chi connectivity index (χ3v) is 3.22. The van der Waals surface area contributed by atoms with E-state index in [0.29, 0.717) is 13.0 Å². The van der Waals surface area contributed by atoms with Crippen LogP contribution < -0.4 is 11.1 Å². The van der Waals surface area contributed by atoms with Crippen LogP contribution >= 0.6 is 0 Å². The van der Waals surface area contributed by atoms with Crippen molar-refractivity contribution in [3.8, 4) is 0 Å². The molecule has 1 aromatic rings. The first kappa shape index (κ1) is 15.8. The van der Waals surface area contributed by atoms with Gasteiger partial charge in [0, 0.05) is 24.2 Å². The Bertz CT molecular complexity index is 404. The molecular formula is C14H21F3N2. The van der Waals surface area contributed by atoms with E-state index < -0.39 is 18.1 Å². The quantitative estimate of drug-likeness (QED) is 0.826. The number of nitrogens with two attached hydrogens (primary N) is 1. The van der Waals surface area contributed by atoms with Crippen molar-refractivity contribution in [1.82, 2.24) is 0 Å². The number of para-hydroxylation sites is 1. The second-order valence-electron chi connectivity index (χ2n) is 5.17. The number of rotatable bonds is 6. The summed E-state index contributed by atoms with van der Waals surface area (Å²) in [6.45, 7) is 4.10. The van der Waals surface area contributed by atoms with Crippen molar-refractivity contribution in [2.24, 2.45) is 5.73 Å². The van der Waals surface area contributed by atoms with Crippen LogP contribution in [0, 0.1) is 6.92 Å². The fourth-order valence-corrected chi connectivity index (χ4v) is 1.93. The molecule has 1 rings (SSSR count). The van der Waals surface area contributed by atoms with Crippen LogP contribution in [-0.4, -0.2) is 18.3 Å². The van der Waals surface area contributed by atoms with Crippen LogP contribution in [0.15, 0.2) is 24.3 Å². The predicted octanol–water partition coefficient (Wildman–Crippen LogP) is 3.86. The van der Waals surface area contributed by atoms with Gasteiger partial charge in [0.2, 0.25) is 0 Å². The van der Waals surface area contributed by atoms with Crippen LogP contribution in [0.2, 0.25) is 0 Å². The topological polar surface area (TPSA) is 38.0 Å². The molecule has 1 aromatic carbocycles. The minimum atomic E-state index is -4.10. The third kappa shape index (κ3) is 5.51. The number of aryl methyl sites for hydroxylation is 1. The fourth-order valence-electron chi connectivity index (χ4n) is 1.93. The van der Waals surface area contributed by atoms with E-state index in [-0.39, 0.29) is 6.42 Å². The van der Waals surface area contributed by atoms with Gasteiger partial charge in [0.1, 0.15) is 0 Å². The Balaban J connectivity index is 2.63. The van der Waals surface area contributed by atoms with E-state index in [1.807, 2.05) is 38.1 Å². The van der Waals surface area contributed by atoms with Gasteiger partial charge < -0.3 is 11.1 Å². The molecule has 0 aliphatic rings. The lowest BCUT2D eigenvalue weighted by molar-refractivity contribution is -0.136. The molecule has 0 radical (unpaired) electrons. The van der Waals surface area contributed by atoms with Crippen LogP contribution in [0.4, 0.5) is 18.9 Å². The summed E-state index contributed by atoms with van der Waals surface area (Å²) in [5.74, 6) is 0. The molecule has 0 saturated carbocycles. The molecule has 0 aliphatic carbocycles. The zero-order valence-electron chi connectivity index (χ0n) is 11.3. The highest BCUT2D eigenvalue weighted by molar-refractivity contribution is 5.52. The molecule has 1 atom stereocenters. The molecule has 3 N–H and O–H groups in total. The zero-order valence-corrected chi connectivity index (χ0v) is 11.3. The van der Waals surface area contributed by atoms with Crippen molar-refractivity contribution in [3.05, 3.63) is 29.8 Å². The normalized spacial score (nSPS) is 15.1. The molecule has 0 amide bonds. The van der Waals surface area contributed by atoms with Gasteiger partial charge in [-0.1, -0.05) is 18.2 Å². The van der Waals surface area contributed by atoms with Gasteiger partial charge in [0.15, 0.2) is 0 Å².